The number of hydrogen-bond acceptors (Lipinski definition) is 2. The third-order valence-corrected chi connectivity index (χ3v) is 4.20. The summed E-state index contributed by atoms with van der Waals surface area (Å²) in [4.78, 5) is 12.5. The van der Waals surface area contributed by atoms with Gasteiger partial charge in [-0.15, -0.1) is 0 Å². The van der Waals surface area contributed by atoms with E-state index in [2.05, 4.69) is 5.32 Å². The second-order valence-corrected chi connectivity index (χ2v) is 6.09. The SMILES string of the molecule is CCC(Oc1ccc(C)cc1C)C(=O)Nc1cccc(Cl)c1C. The normalized spacial score (nSPS) is 11.9. The lowest BCUT2D eigenvalue weighted by Crippen LogP contribution is -2.32. The minimum atomic E-state index is -0.546. The van der Waals surface area contributed by atoms with E-state index in [1.165, 1.54) is 5.56 Å². The average Bonchev–Trinajstić information content (AvgIpc) is 2.51. The Balaban J connectivity index is 2.14. The topological polar surface area (TPSA) is 38.3 Å². The van der Waals surface area contributed by atoms with Gasteiger partial charge in [-0.1, -0.05) is 42.3 Å². The van der Waals surface area contributed by atoms with Crippen molar-refractivity contribution in [3.63, 3.8) is 0 Å². The third-order valence-electron chi connectivity index (χ3n) is 3.79. The average molecular weight is 332 g/mol. The first-order chi connectivity index (χ1) is 10.9. The first kappa shape index (κ1) is 17.4. The summed E-state index contributed by atoms with van der Waals surface area (Å²) in [6.07, 6.45) is 0.0356. The Morgan fingerprint density at radius 2 is 1.96 bits per heavy atom. The van der Waals surface area contributed by atoms with Crippen LogP contribution in [0.15, 0.2) is 36.4 Å². The molecule has 0 saturated heterocycles. The summed E-state index contributed by atoms with van der Waals surface area (Å²) in [7, 11) is 0. The highest BCUT2D eigenvalue weighted by Crippen LogP contribution is 2.24. The zero-order chi connectivity index (χ0) is 17.0. The van der Waals surface area contributed by atoms with Crippen LogP contribution in [-0.2, 0) is 4.79 Å². The van der Waals surface area contributed by atoms with Crippen molar-refractivity contribution in [1.82, 2.24) is 0 Å². The van der Waals surface area contributed by atoms with Gasteiger partial charge in [0.05, 0.1) is 0 Å². The lowest BCUT2D eigenvalue weighted by Gasteiger charge is -2.19. The van der Waals surface area contributed by atoms with E-state index in [1.54, 1.807) is 6.07 Å². The quantitative estimate of drug-likeness (QED) is 0.831. The lowest BCUT2D eigenvalue weighted by molar-refractivity contribution is -0.122. The Kier molecular flexibility index (Phi) is 5.67. The number of anilines is 1. The van der Waals surface area contributed by atoms with Crippen molar-refractivity contribution in [2.45, 2.75) is 40.2 Å². The molecule has 1 amide bonds. The Hall–Kier alpha value is -2.00. The van der Waals surface area contributed by atoms with Gasteiger partial charge in [0.1, 0.15) is 5.75 Å². The van der Waals surface area contributed by atoms with Gasteiger partial charge >= 0.3 is 0 Å². The molecule has 3 nitrogen and oxygen atoms in total. The molecular formula is C19H22ClNO2. The standard InChI is InChI=1S/C19H22ClNO2/c1-5-17(23-18-10-9-12(2)11-13(18)3)19(22)21-16-8-6-7-15(20)14(16)4/h6-11,17H,5H2,1-4H3,(H,21,22). The van der Waals surface area contributed by atoms with Crippen molar-refractivity contribution < 1.29 is 9.53 Å². The summed E-state index contributed by atoms with van der Waals surface area (Å²) >= 11 is 6.09. The van der Waals surface area contributed by atoms with Crippen molar-refractivity contribution in [2.24, 2.45) is 0 Å². The van der Waals surface area contributed by atoms with E-state index >= 15 is 0 Å². The van der Waals surface area contributed by atoms with E-state index < -0.39 is 6.10 Å². The van der Waals surface area contributed by atoms with Gasteiger partial charge in [-0.25, -0.2) is 0 Å². The van der Waals surface area contributed by atoms with E-state index in [0.29, 0.717) is 17.1 Å². The Morgan fingerprint density at radius 3 is 2.61 bits per heavy atom. The molecule has 2 rings (SSSR count). The van der Waals surface area contributed by atoms with Crippen LogP contribution in [0.25, 0.3) is 0 Å². The molecule has 122 valence electrons. The summed E-state index contributed by atoms with van der Waals surface area (Å²) in [5, 5.41) is 3.54. The second-order valence-electron chi connectivity index (χ2n) is 5.69. The second kappa shape index (κ2) is 7.51. The molecule has 0 aromatic heterocycles. The predicted molar refractivity (Wildman–Crippen MR) is 95.4 cm³/mol. The van der Waals surface area contributed by atoms with Crippen molar-refractivity contribution in [1.29, 1.82) is 0 Å². The van der Waals surface area contributed by atoms with E-state index in [9.17, 15) is 4.79 Å². The van der Waals surface area contributed by atoms with Crippen molar-refractivity contribution >= 4 is 23.2 Å². The monoisotopic (exact) mass is 331 g/mol. The molecule has 0 heterocycles. The molecule has 1 N–H and O–H groups in total. The Morgan fingerprint density at radius 1 is 1.22 bits per heavy atom. The van der Waals surface area contributed by atoms with E-state index in [0.717, 1.165) is 16.9 Å². The van der Waals surface area contributed by atoms with Crippen LogP contribution in [0.1, 0.15) is 30.0 Å². The van der Waals surface area contributed by atoms with Gasteiger partial charge < -0.3 is 10.1 Å². The number of ether oxygens (including phenoxy) is 1. The fourth-order valence-electron chi connectivity index (χ4n) is 2.36. The van der Waals surface area contributed by atoms with Crippen LogP contribution < -0.4 is 10.1 Å². The summed E-state index contributed by atoms with van der Waals surface area (Å²) in [5.74, 6) is 0.568. The fourth-order valence-corrected chi connectivity index (χ4v) is 2.54. The summed E-state index contributed by atoms with van der Waals surface area (Å²) in [5.41, 5.74) is 3.76. The summed E-state index contributed by atoms with van der Waals surface area (Å²) < 4.78 is 5.91. The molecule has 0 saturated carbocycles. The van der Waals surface area contributed by atoms with Gasteiger partial charge in [-0.3, -0.25) is 4.79 Å². The van der Waals surface area contributed by atoms with E-state index in [-0.39, 0.29) is 5.91 Å². The molecule has 0 aliphatic carbocycles. The highest BCUT2D eigenvalue weighted by molar-refractivity contribution is 6.31. The van der Waals surface area contributed by atoms with Crippen molar-refractivity contribution in [3.05, 3.63) is 58.1 Å². The summed E-state index contributed by atoms with van der Waals surface area (Å²) in [6.45, 7) is 7.82. The van der Waals surface area contributed by atoms with E-state index in [4.69, 9.17) is 16.3 Å². The largest absolute Gasteiger partial charge is 0.480 e. The fraction of sp³-hybridized carbons (Fsp3) is 0.316. The van der Waals surface area contributed by atoms with Crippen molar-refractivity contribution in [2.75, 3.05) is 5.32 Å². The van der Waals surface area contributed by atoms with Gasteiger partial charge in [0.15, 0.2) is 6.10 Å². The number of nitrogens with one attached hydrogen (secondary N) is 1. The number of halogens is 1. The zero-order valence-electron chi connectivity index (χ0n) is 13.9. The molecule has 2 aromatic rings. The predicted octanol–water partition coefficient (Wildman–Crippen LogP) is 5.06. The number of hydrogen-bond donors (Lipinski definition) is 1. The highest BCUT2D eigenvalue weighted by Gasteiger charge is 2.20. The molecule has 2 aromatic carbocycles. The molecule has 0 spiro atoms. The van der Waals surface area contributed by atoms with Crippen LogP contribution in [0, 0.1) is 20.8 Å². The zero-order valence-corrected chi connectivity index (χ0v) is 14.7. The lowest BCUT2D eigenvalue weighted by atomic mass is 10.1. The van der Waals surface area contributed by atoms with Gasteiger partial charge in [-0.2, -0.15) is 0 Å². The highest BCUT2D eigenvalue weighted by atomic mass is 35.5. The number of carbonyl (C=O) groups is 1. The maximum Gasteiger partial charge on any atom is 0.265 e. The minimum Gasteiger partial charge on any atom is -0.480 e. The molecule has 1 atom stereocenters. The van der Waals surface area contributed by atoms with E-state index in [1.807, 2.05) is 58.0 Å². The van der Waals surface area contributed by atoms with Crippen LogP contribution in [0.5, 0.6) is 5.75 Å². The molecule has 1 unspecified atom stereocenters. The van der Waals surface area contributed by atoms with Gasteiger partial charge in [-0.05, 0) is 56.5 Å². The Bertz CT molecular complexity index is 713. The third kappa shape index (κ3) is 4.26. The number of aryl methyl sites for hydroxylation is 2. The van der Waals surface area contributed by atoms with Crippen LogP contribution in [0.4, 0.5) is 5.69 Å². The molecule has 23 heavy (non-hydrogen) atoms. The first-order valence-electron chi connectivity index (χ1n) is 7.72. The molecule has 0 fully saturated rings. The van der Waals surface area contributed by atoms with Crippen LogP contribution in [-0.4, -0.2) is 12.0 Å². The molecular weight excluding hydrogens is 310 g/mol. The summed E-state index contributed by atoms with van der Waals surface area (Å²) in [6, 6.07) is 11.4. The first-order valence-corrected chi connectivity index (χ1v) is 8.10. The molecule has 0 bridgehead atoms. The number of benzene rings is 2. The van der Waals surface area contributed by atoms with Crippen LogP contribution in [0.2, 0.25) is 5.02 Å². The number of rotatable bonds is 5. The molecule has 0 aliphatic rings. The minimum absolute atomic E-state index is 0.169. The van der Waals surface area contributed by atoms with Gasteiger partial charge in [0, 0.05) is 10.7 Å². The van der Waals surface area contributed by atoms with Crippen molar-refractivity contribution in [3.8, 4) is 5.75 Å². The maximum atomic E-state index is 12.5. The Labute approximate surface area is 142 Å². The maximum absolute atomic E-state index is 12.5. The number of amides is 1. The van der Waals surface area contributed by atoms with Crippen LogP contribution >= 0.6 is 11.6 Å². The molecule has 4 heteroatoms. The van der Waals surface area contributed by atoms with Gasteiger partial charge in [0.2, 0.25) is 0 Å². The van der Waals surface area contributed by atoms with Crippen LogP contribution in [0.3, 0.4) is 0 Å². The molecule has 0 radical (unpaired) electrons. The smallest absolute Gasteiger partial charge is 0.265 e. The molecule has 0 aliphatic heterocycles. The number of carbonyl (C=O) groups excluding carboxylic acids is 1. The van der Waals surface area contributed by atoms with Gasteiger partial charge in [0.25, 0.3) is 5.91 Å².